The molecule has 0 unspecified atom stereocenters. The lowest BCUT2D eigenvalue weighted by molar-refractivity contribution is -0.120. The first kappa shape index (κ1) is 14.3. The largest absolute Gasteiger partial charge is 0.399 e. The Morgan fingerprint density at radius 1 is 1.20 bits per heavy atom. The molecule has 0 heterocycles. The fraction of sp³-hybridized carbons (Fsp3) is 0.429. The van der Waals surface area contributed by atoms with E-state index in [9.17, 15) is 9.59 Å². The number of nitrogens with one attached hydrogen (secondary N) is 2. The number of anilines is 1. The number of benzene rings is 1. The van der Waals surface area contributed by atoms with Gasteiger partial charge in [0.1, 0.15) is 0 Å². The number of aliphatic hydroxyl groups is 1. The van der Waals surface area contributed by atoms with E-state index in [1.807, 2.05) is 0 Å². The first-order valence-corrected chi connectivity index (χ1v) is 6.56. The standard InChI is InChI=1S/C14H19N3O3/c15-11-3-1-10(2-4-11)13(20)16-7-12(19)17-8-14(9-18)5-6-14/h1-4,18H,5-9,15H2,(H,16,20)(H,17,19). The summed E-state index contributed by atoms with van der Waals surface area (Å²) in [6, 6.07) is 6.47. The SMILES string of the molecule is Nc1ccc(C(=O)NCC(=O)NCC2(CO)CC2)cc1. The van der Waals surface area contributed by atoms with Gasteiger partial charge in [-0.2, -0.15) is 0 Å². The van der Waals surface area contributed by atoms with Gasteiger partial charge in [0, 0.05) is 23.2 Å². The Hall–Kier alpha value is -2.08. The van der Waals surface area contributed by atoms with Crippen LogP contribution in [0.25, 0.3) is 0 Å². The topological polar surface area (TPSA) is 104 Å². The van der Waals surface area contributed by atoms with E-state index in [2.05, 4.69) is 10.6 Å². The van der Waals surface area contributed by atoms with E-state index >= 15 is 0 Å². The third-order valence-corrected chi connectivity index (χ3v) is 3.54. The molecule has 0 bridgehead atoms. The predicted octanol–water partition coefficient (Wildman–Crippen LogP) is -0.113. The molecule has 1 aromatic carbocycles. The second-order valence-corrected chi connectivity index (χ2v) is 5.24. The molecule has 0 saturated heterocycles. The normalized spacial score (nSPS) is 15.4. The van der Waals surface area contributed by atoms with Crippen molar-refractivity contribution in [2.24, 2.45) is 5.41 Å². The summed E-state index contributed by atoms with van der Waals surface area (Å²) in [4.78, 5) is 23.4. The summed E-state index contributed by atoms with van der Waals surface area (Å²) in [7, 11) is 0. The van der Waals surface area contributed by atoms with Crippen LogP contribution in [-0.4, -0.2) is 36.6 Å². The molecule has 20 heavy (non-hydrogen) atoms. The van der Waals surface area contributed by atoms with Crippen LogP contribution in [0.15, 0.2) is 24.3 Å². The van der Waals surface area contributed by atoms with Gasteiger partial charge in [0.25, 0.3) is 5.91 Å². The second kappa shape index (κ2) is 5.92. The first-order chi connectivity index (χ1) is 9.54. The fourth-order valence-electron chi connectivity index (χ4n) is 1.81. The Bertz CT molecular complexity index is 495. The summed E-state index contributed by atoms with van der Waals surface area (Å²) in [6.45, 7) is 0.468. The molecule has 5 N–H and O–H groups in total. The molecule has 108 valence electrons. The van der Waals surface area contributed by atoms with Crippen molar-refractivity contribution >= 4 is 17.5 Å². The number of nitrogens with two attached hydrogens (primary N) is 1. The van der Waals surface area contributed by atoms with Crippen LogP contribution in [0.1, 0.15) is 23.2 Å². The Morgan fingerprint density at radius 3 is 2.40 bits per heavy atom. The number of carbonyl (C=O) groups is 2. The smallest absolute Gasteiger partial charge is 0.251 e. The summed E-state index contributed by atoms with van der Waals surface area (Å²) < 4.78 is 0. The molecule has 1 aliphatic rings. The van der Waals surface area contributed by atoms with Gasteiger partial charge >= 0.3 is 0 Å². The third kappa shape index (κ3) is 3.71. The van der Waals surface area contributed by atoms with Gasteiger partial charge in [-0.1, -0.05) is 0 Å². The van der Waals surface area contributed by atoms with Crippen molar-refractivity contribution in [1.82, 2.24) is 10.6 Å². The highest BCUT2D eigenvalue weighted by molar-refractivity contribution is 5.96. The number of aliphatic hydroxyl groups excluding tert-OH is 1. The van der Waals surface area contributed by atoms with Gasteiger partial charge < -0.3 is 21.5 Å². The highest BCUT2D eigenvalue weighted by Crippen LogP contribution is 2.44. The van der Waals surface area contributed by atoms with Crippen LogP contribution < -0.4 is 16.4 Å². The lowest BCUT2D eigenvalue weighted by Gasteiger charge is -2.13. The van der Waals surface area contributed by atoms with Crippen molar-refractivity contribution in [2.75, 3.05) is 25.4 Å². The number of hydrogen-bond acceptors (Lipinski definition) is 4. The molecular weight excluding hydrogens is 258 g/mol. The zero-order valence-electron chi connectivity index (χ0n) is 11.2. The van der Waals surface area contributed by atoms with Gasteiger partial charge in [0.2, 0.25) is 5.91 Å². The van der Waals surface area contributed by atoms with E-state index in [4.69, 9.17) is 10.8 Å². The van der Waals surface area contributed by atoms with Crippen molar-refractivity contribution in [3.63, 3.8) is 0 Å². The minimum absolute atomic E-state index is 0.0787. The minimum Gasteiger partial charge on any atom is -0.399 e. The lowest BCUT2D eigenvalue weighted by atomic mass is 10.1. The maximum Gasteiger partial charge on any atom is 0.251 e. The van der Waals surface area contributed by atoms with Crippen molar-refractivity contribution < 1.29 is 14.7 Å². The molecule has 2 rings (SSSR count). The van der Waals surface area contributed by atoms with Crippen molar-refractivity contribution in [3.05, 3.63) is 29.8 Å². The van der Waals surface area contributed by atoms with Crippen LogP contribution in [-0.2, 0) is 4.79 Å². The summed E-state index contributed by atoms with van der Waals surface area (Å²) in [6.07, 6.45) is 1.86. The molecule has 0 aromatic heterocycles. The van der Waals surface area contributed by atoms with Crippen LogP contribution in [0.5, 0.6) is 0 Å². The fourth-order valence-corrected chi connectivity index (χ4v) is 1.81. The molecule has 1 aromatic rings. The molecule has 0 spiro atoms. The molecule has 6 heteroatoms. The maximum atomic E-state index is 11.8. The Kier molecular flexibility index (Phi) is 4.24. The third-order valence-electron chi connectivity index (χ3n) is 3.54. The molecule has 6 nitrogen and oxygen atoms in total. The van der Waals surface area contributed by atoms with Crippen LogP contribution in [0, 0.1) is 5.41 Å². The van der Waals surface area contributed by atoms with Crippen LogP contribution >= 0.6 is 0 Å². The molecule has 1 saturated carbocycles. The van der Waals surface area contributed by atoms with Gasteiger partial charge in [-0.05, 0) is 37.1 Å². The molecule has 0 aliphatic heterocycles. The van der Waals surface area contributed by atoms with Crippen LogP contribution in [0.4, 0.5) is 5.69 Å². The Morgan fingerprint density at radius 2 is 1.85 bits per heavy atom. The van der Waals surface area contributed by atoms with Crippen molar-refractivity contribution in [3.8, 4) is 0 Å². The number of hydrogen-bond donors (Lipinski definition) is 4. The molecule has 2 amide bonds. The van der Waals surface area contributed by atoms with Gasteiger partial charge in [0.05, 0.1) is 13.2 Å². The van der Waals surface area contributed by atoms with E-state index in [1.54, 1.807) is 24.3 Å². The van der Waals surface area contributed by atoms with E-state index in [0.717, 1.165) is 12.8 Å². The Labute approximate surface area is 117 Å². The van der Waals surface area contributed by atoms with Crippen molar-refractivity contribution in [1.29, 1.82) is 0 Å². The zero-order chi connectivity index (χ0) is 14.6. The lowest BCUT2D eigenvalue weighted by Crippen LogP contribution is -2.39. The van der Waals surface area contributed by atoms with E-state index in [-0.39, 0.29) is 30.4 Å². The van der Waals surface area contributed by atoms with E-state index in [0.29, 0.717) is 17.8 Å². The van der Waals surface area contributed by atoms with Crippen molar-refractivity contribution in [2.45, 2.75) is 12.8 Å². The zero-order valence-corrected chi connectivity index (χ0v) is 11.2. The highest BCUT2D eigenvalue weighted by atomic mass is 16.3. The molecule has 1 aliphatic carbocycles. The van der Waals surface area contributed by atoms with Gasteiger partial charge in [-0.25, -0.2) is 0 Å². The number of nitrogen functional groups attached to an aromatic ring is 1. The van der Waals surface area contributed by atoms with Crippen LogP contribution in [0.2, 0.25) is 0 Å². The Balaban J connectivity index is 1.73. The number of amides is 2. The summed E-state index contributed by atoms with van der Waals surface area (Å²) >= 11 is 0. The van der Waals surface area contributed by atoms with Gasteiger partial charge in [-0.15, -0.1) is 0 Å². The number of carbonyl (C=O) groups excluding carboxylic acids is 2. The number of rotatable bonds is 6. The minimum atomic E-state index is -0.316. The monoisotopic (exact) mass is 277 g/mol. The average Bonchev–Trinajstić information content (AvgIpc) is 3.24. The van der Waals surface area contributed by atoms with Crippen LogP contribution in [0.3, 0.4) is 0 Å². The maximum absolute atomic E-state index is 11.8. The van der Waals surface area contributed by atoms with Gasteiger partial charge in [-0.3, -0.25) is 9.59 Å². The van der Waals surface area contributed by atoms with E-state index in [1.165, 1.54) is 0 Å². The average molecular weight is 277 g/mol. The molecular formula is C14H19N3O3. The second-order valence-electron chi connectivity index (χ2n) is 5.24. The molecule has 0 radical (unpaired) electrons. The van der Waals surface area contributed by atoms with Gasteiger partial charge in [0.15, 0.2) is 0 Å². The highest BCUT2D eigenvalue weighted by Gasteiger charge is 2.41. The first-order valence-electron chi connectivity index (χ1n) is 6.56. The quantitative estimate of drug-likeness (QED) is 0.544. The predicted molar refractivity (Wildman–Crippen MR) is 75.0 cm³/mol. The van der Waals surface area contributed by atoms with E-state index < -0.39 is 0 Å². The summed E-state index contributed by atoms with van der Waals surface area (Å²) in [5, 5.41) is 14.4. The summed E-state index contributed by atoms with van der Waals surface area (Å²) in [5.41, 5.74) is 6.44. The summed E-state index contributed by atoms with van der Waals surface area (Å²) in [5.74, 6) is -0.572. The molecule has 0 atom stereocenters. The molecule has 1 fully saturated rings.